The first kappa shape index (κ1) is 15.5. The molecular formula is C15H14FIN2S2. The summed E-state index contributed by atoms with van der Waals surface area (Å²) in [5.74, 6) is 4.14. The van der Waals surface area contributed by atoms with Crippen molar-refractivity contribution in [3.05, 3.63) is 35.1 Å². The number of hydrogen-bond acceptors (Lipinski definition) is 4. The topological polar surface area (TPSA) is 38.4 Å². The van der Waals surface area contributed by atoms with Crippen molar-refractivity contribution in [3.8, 4) is 11.2 Å². The van der Waals surface area contributed by atoms with Crippen LogP contribution in [0, 0.1) is 22.9 Å². The van der Waals surface area contributed by atoms with Crippen LogP contribution in [0.2, 0.25) is 0 Å². The molecule has 1 aromatic carbocycles. The lowest BCUT2D eigenvalue weighted by Crippen LogP contribution is -2.37. The van der Waals surface area contributed by atoms with E-state index in [9.17, 15) is 4.39 Å². The highest BCUT2D eigenvalue weighted by molar-refractivity contribution is 14.2. The Morgan fingerprint density at radius 3 is 3.19 bits per heavy atom. The molecule has 6 heteroatoms. The van der Waals surface area contributed by atoms with Gasteiger partial charge in [0.05, 0.1) is 5.54 Å². The Hall–Kier alpha value is -0.390. The minimum Gasteiger partial charge on any atom is -0.379 e. The number of nitrogens with two attached hydrogens (primary N) is 1. The summed E-state index contributed by atoms with van der Waals surface area (Å²) in [6.07, 6.45) is 3.03. The molecular weight excluding hydrogens is 418 g/mol. The molecule has 2 aliphatic rings. The van der Waals surface area contributed by atoms with E-state index in [2.05, 4.69) is 32.4 Å². The lowest BCUT2D eigenvalue weighted by molar-refractivity contribution is 0.341. The second-order valence-electron chi connectivity index (χ2n) is 5.27. The monoisotopic (exact) mass is 432 g/mol. The lowest BCUT2D eigenvalue weighted by atomic mass is 9.81. The van der Waals surface area contributed by atoms with Crippen molar-refractivity contribution in [1.82, 2.24) is 0 Å². The van der Waals surface area contributed by atoms with E-state index >= 15 is 0 Å². The van der Waals surface area contributed by atoms with Crippen LogP contribution in [0.5, 0.6) is 0 Å². The van der Waals surface area contributed by atoms with Crippen molar-refractivity contribution in [3.63, 3.8) is 0 Å². The van der Waals surface area contributed by atoms with Crippen LogP contribution in [0.15, 0.2) is 23.2 Å². The molecule has 2 nitrogen and oxygen atoms in total. The molecule has 1 aliphatic heterocycles. The molecule has 0 spiro atoms. The zero-order valence-electron chi connectivity index (χ0n) is 11.2. The van der Waals surface area contributed by atoms with Crippen molar-refractivity contribution in [2.24, 2.45) is 16.6 Å². The molecule has 1 fully saturated rings. The van der Waals surface area contributed by atoms with Crippen LogP contribution < -0.4 is 5.73 Å². The van der Waals surface area contributed by atoms with E-state index in [0.717, 1.165) is 30.6 Å². The lowest BCUT2D eigenvalue weighted by Gasteiger charge is -2.36. The standard InChI is InChI=1S/C15H14FIN2S2/c16-13-4-3-10(5-7-21-17)8-12(13)15-6-1-2-11(15)9-20-14(18)19-15/h3-4,8,11H,1-2,6,9H2,(H2,18,19). The van der Waals surface area contributed by atoms with Crippen molar-refractivity contribution >= 4 is 47.1 Å². The Kier molecular flexibility index (Phi) is 4.71. The van der Waals surface area contributed by atoms with Gasteiger partial charge in [0.15, 0.2) is 5.17 Å². The fourth-order valence-electron chi connectivity index (χ4n) is 3.27. The van der Waals surface area contributed by atoms with Crippen LogP contribution in [-0.4, -0.2) is 10.9 Å². The predicted octanol–water partition coefficient (Wildman–Crippen LogP) is 4.27. The summed E-state index contributed by atoms with van der Waals surface area (Å²) in [5, 5.41) is 3.52. The van der Waals surface area contributed by atoms with Gasteiger partial charge in [-0.2, -0.15) is 0 Å². The normalized spacial score (nSPS) is 27.5. The molecule has 0 amide bonds. The molecule has 2 unspecified atom stereocenters. The maximum absolute atomic E-state index is 14.5. The molecule has 1 aromatic rings. The average Bonchev–Trinajstić information content (AvgIpc) is 2.90. The van der Waals surface area contributed by atoms with Gasteiger partial charge in [0.25, 0.3) is 0 Å². The summed E-state index contributed by atoms with van der Waals surface area (Å²) in [7, 11) is 1.42. The Morgan fingerprint density at radius 1 is 1.52 bits per heavy atom. The fraction of sp³-hybridized carbons (Fsp3) is 0.400. The number of hydrogen-bond donors (Lipinski definition) is 1. The van der Waals surface area contributed by atoms with E-state index in [-0.39, 0.29) is 5.82 Å². The average molecular weight is 432 g/mol. The number of rotatable bonds is 1. The first-order chi connectivity index (χ1) is 10.2. The quantitative estimate of drug-likeness (QED) is 0.532. The van der Waals surface area contributed by atoms with Gasteiger partial charge in [-0.05, 0) is 51.1 Å². The van der Waals surface area contributed by atoms with E-state index in [4.69, 9.17) is 10.7 Å². The molecule has 0 bridgehead atoms. The molecule has 21 heavy (non-hydrogen) atoms. The van der Waals surface area contributed by atoms with Gasteiger partial charge in [0.1, 0.15) is 5.82 Å². The van der Waals surface area contributed by atoms with Gasteiger partial charge in [-0.15, -0.1) is 0 Å². The summed E-state index contributed by atoms with van der Waals surface area (Å²) in [6.45, 7) is 0. The molecule has 0 saturated heterocycles. The van der Waals surface area contributed by atoms with Crippen molar-refractivity contribution < 1.29 is 4.39 Å². The maximum atomic E-state index is 14.5. The maximum Gasteiger partial charge on any atom is 0.154 e. The van der Waals surface area contributed by atoms with E-state index < -0.39 is 5.54 Å². The summed E-state index contributed by atoms with van der Waals surface area (Å²) in [6, 6.07) is 5.10. The van der Waals surface area contributed by atoms with Crippen LogP contribution in [0.3, 0.4) is 0 Å². The van der Waals surface area contributed by atoms with Crippen LogP contribution in [0.4, 0.5) is 4.39 Å². The van der Waals surface area contributed by atoms with Crippen LogP contribution in [0.25, 0.3) is 0 Å². The second kappa shape index (κ2) is 6.39. The van der Waals surface area contributed by atoms with Gasteiger partial charge in [-0.25, -0.2) is 4.39 Å². The van der Waals surface area contributed by atoms with E-state index in [1.54, 1.807) is 17.8 Å². The van der Waals surface area contributed by atoms with Crippen molar-refractivity contribution in [1.29, 1.82) is 0 Å². The minimum atomic E-state index is -0.478. The Bertz CT molecular complexity index is 653. The molecule has 110 valence electrons. The van der Waals surface area contributed by atoms with Gasteiger partial charge in [-0.1, -0.05) is 24.1 Å². The highest BCUT2D eigenvalue weighted by Crippen LogP contribution is 2.51. The molecule has 2 atom stereocenters. The summed E-state index contributed by atoms with van der Waals surface area (Å²) in [5.41, 5.74) is 6.96. The molecule has 3 rings (SSSR count). The summed E-state index contributed by atoms with van der Waals surface area (Å²) >= 11 is 3.71. The Labute approximate surface area is 144 Å². The summed E-state index contributed by atoms with van der Waals surface area (Å²) < 4.78 is 14.5. The highest BCUT2D eigenvalue weighted by Gasteiger charge is 2.47. The molecule has 1 saturated carbocycles. The number of fused-ring (bicyclic) bond motifs is 1. The van der Waals surface area contributed by atoms with Gasteiger partial charge in [0.2, 0.25) is 0 Å². The van der Waals surface area contributed by atoms with Crippen molar-refractivity contribution in [2.45, 2.75) is 24.8 Å². The first-order valence-electron chi connectivity index (χ1n) is 6.72. The number of halogens is 2. The Morgan fingerprint density at radius 2 is 2.38 bits per heavy atom. The predicted molar refractivity (Wildman–Crippen MR) is 98.0 cm³/mol. The molecule has 1 aliphatic carbocycles. The number of aliphatic imine (C=N–C) groups is 1. The van der Waals surface area contributed by atoms with Gasteiger partial charge in [-0.3, -0.25) is 4.99 Å². The fourth-order valence-corrected chi connectivity index (χ4v) is 4.80. The van der Waals surface area contributed by atoms with Gasteiger partial charge in [0, 0.05) is 38.1 Å². The van der Waals surface area contributed by atoms with E-state index in [0.29, 0.717) is 16.6 Å². The number of nitrogens with zero attached hydrogens (tertiary/aromatic N) is 1. The summed E-state index contributed by atoms with van der Waals surface area (Å²) in [4.78, 5) is 4.69. The Balaban J connectivity index is 2.11. The van der Waals surface area contributed by atoms with Crippen molar-refractivity contribution in [2.75, 3.05) is 5.75 Å². The minimum absolute atomic E-state index is 0.196. The van der Waals surface area contributed by atoms with E-state index in [1.165, 1.54) is 15.0 Å². The second-order valence-corrected chi connectivity index (χ2v) is 7.99. The smallest absolute Gasteiger partial charge is 0.154 e. The molecule has 0 radical (unpaired) electrons. The zero-order valence-corrected chi connectivity index (χ0v) is 15.0. The van der Waals surface area contributed by atoms with Gasteiger partial charge < -0.3 is 5.73 Å². The number of amidine groups is 1. The molecule has 0 aromatic heterocycles. The van der Waals surface area contributed by atoms with Gasteiger partial charge >= 0.3 is 0 Å². The van der Waals surface area contributed by atoms with Crippen LogP contribution >= 0.6 is 41.9 Å². The molecule has 2 N–H and O–H groups in total. The molecule has 1 heterocycles. The zero-order chi connectivity index (χ0) is 14.9. The third-order valence-corrected chi connectivity index (χ3v) is 5.99. The number of thioether (sulfide) groups is 1. The SMILES string of the molecule is NC1=NC2(c3cc(C#CSI)ccc3F)CCCC2CS1. The van der Waals surface area contributed by atoms with Crippen LogP contribution in [-0.2, 0) is 5.54 Å². The number of benzene rings is 1. The highest BCUT2D eigenvalue weighted by atomic mass is 127. The van der Waals surface area contributed by atoms with E-state index in [1.807, 2.05) is 6.07 Å². The van der Waals surface area contributed by atoms with Crippen LogP contribution in [0.1, 0.15) is 30.4 Å². The third kappa shape index (κ3) is 2.92. The largest absolute Gasteiger partial charge is 0.379 e. The third-order valence-electron chi connectivity index (χ3n) is 4.19. The first-order valence-corrected chi connectivity index (χ1v) is 11.1.